The predicted octanol–water partition coefficient (Wildman–Crippen LogP) is 5.08. The minimum absolute atomic E-state index is 0.00902. The lowest BCUT2D eigenvalue weighted by Gasteiger charge is -2.26. The number of unbranched alkanes of at least 4 members (excludes halogenated alkanes) is 1. The van der Waals surface area contributed by atoms with Crippen LogP contribution in [0.5, 0.6) is 5.75 Å². The van der Waals surface area contributed by atoms with Crippen molar-refractivity contribution in [1.29, 1.82) is 0 Å². The van der Waals surface area contributed by atoms with E-state index >= 15 is 0 Å². The van der Waals surface area contributed by atoms with Crippen LogP contribution in [0.4, 0.5) is 0 Å². The molecule has 0 aliphatic carbocycles. The third kappa shape index (κ3) is 3.97. The molecule has 1 aliphatic heterocycles. The van der Waals surface area contributed by atoms with Crippen molar-refractivity contribution < 1.29 is 14.3 Å². The van der Waals surface area contributed by atoms with E-state index in [1.54, 1.807) is 28.8 Å². The predicted molar refractivity (Wildman–Crippen MR) is 127 cm³/mol. The average Bonchev–Trinajstić information content (AvgIpc) is 3.32. The van der Waals surface area contributed by atoms with E-state index in [0.29, 0.717) is 40.4 Å². The number of imide groups is 1. The fraction of sp³-hybridized carbons (Fsp3) is 0.400. The molecule has 1 aromatic carbocycles. The molecule has 0 radical (unpaired) electrons. The number of pyridine rings is 1. The van der Waals surface area contributed by atoms with Gasteiger partial charge in [0.05, 0.1) is 30.0 Å². The van der Waals surface area contributed by atoms with Crippen molar-refractivity contribution in [2.24, 2.45) is 5.41 Å². The van der Waals surface area contributed by atoms with Gasteiger partial charge in [-0.1, -0.05) is 46.2 Å². The van der Waals surface area contributed by atoms with Gasteiger partial charge in [-0.2, -0.15) is 0 Å². The number of thiophene rings is 1. The maximum absolute atomic E-state index is 13.5. The molecule has 168 valence electrons. The van der Waals surface area contributed by atoms with E-state index in [0.717, 1.165) is 18.2 Å². The van der Waals surface area contributed by atoms with E-state index in [9.17, 15) is 14.4 Å². The first-order valence-electron chi connectivity index (χ1n) is 10.9. The third-order valence-corrected chi connectivity index (χ3v) is 6.40. The van der Waals surface area contributed by atoms with Gasteiger partial charge in [-0.3, -0.25) is 19.3 Å². The van der Waals surface area contributed by atoms with E-state index in [1.165, 1.54) is 16.2 Å². The topological polar surface area (TPSA) is 68.6 Å². The molecule has 0 spiro atoms. The molecular weight excluding hydrogens is 424 g/mol. The number of hydrogen-bond acceptors (Lipinski definition) is 5. The van der Waals surface area contributed by atoms with Crippen molar-refractivity contribution in [3.63, 3.8) is 0 Å². The largest absolute Gasteiger partial charge is 0.491 e. The number of aromatic nitrogens is 1. The first kappa shape index (κ1) is 22.3. The molecule has 4 rings (SSSR count). The second-order valence-electron chi connectivity index (χ2n) is 9.34. The van der Waals surface area contributed by atoms with Crippen LogP contribution < -0.4 is 10.3 Å². The monoisotopic (exact) mass is 452 g/mol. The summed E-state index contributed by atoms with van der Waals surface area (Å²) in [5.41, 5.74) is 1.06. The van der Waals surface area contributed by atoms with Gasteiger partial charge in [-0.25, -0.2) is 0 Å². The van der Waals surface area contributed by atoms with Gasteiger partial charge in [0.25, 0.3) is 17.4 Å². The summed E-state index contributed by atoms with van der Waals surface area (Å²) in [5, 5.41) is 2.62. The van der Waals surface area contributed by atoms with Gasteiger partial charge in [0.15, 0.2) is 0 Å². The molecule has 0 saturated heterocycles. The van der Waals surface area contributed by atoms with Crippen molar-refractivity contribution >= 4 is 33.2 Å². The van der Waals surface area contributed by atoms with E-state index in [4.69, 9.17) is 4.74 Å². The molecule has 0 saturated carbocycles. The van der Waals surface area contributed by atoms with Crippen molar-refractivity contribution in [3.8, 4) is 5.75 Å². The van der Waals surface area contributed by atoms with E-state index < -0.39 is 0 Å². The van der Waals surface area contributed by atoms with Crippen LogP contribution in [0.1, 0.15) is 66.9 Å². The maximum atomic E-state index is 13.5. The van der Waals surface area contributed by atoms with Crippen LogP contribution >= 0.6 is 11.3 Å². The Morgan fingerprint density at radius 2 is 1.66 bits per heavy atom. The molecule has 3 aromatic rings. The summed E-state index contributed by atoms with van der Waals surface area (Å²) in [5.74, 6) is -0.0920. The minimum Gasteiger partial charge on any atom is -0.491 e. The molecule has 0 fully saturated rings. The fourth-order valence-electron chi connectivity index (χ4n) is 3.99. The summed E-state index contributed by atoms with van der Waals surface area (Å²) >= 11 is 1.39. The van der Waals surface area contributed by atoms with Gasteiger partial charge in [0.1, 0.15) is 10.4 Å². The maximum Gasteiger partial charge on any atom is 0.269 e. The zero-order valence-corrected chi connectivity index (χ0v) is 19.8. The van der Waals surface area contributed by atoms with Crippen LogP contribution in [-0.2, 0) is 13.1 Å². The van der Waals surface area contributed by atoms with Crippen molar-refractivity contribution in [1.82, 2.24) is 9.47 Å². The van der Waals surface area contributed by atoms with Crippen LogP contribution in [0.2, 0.25) is 0 Å². The van der Waals surface area contributed by atoms with Crippen molar-refractivity contribution in [2.75, 3.05) is 6.61 Å². The summed E-state index contributed by atoms with van der Waals surface area (Å²) in [6, 6.07) is 8.71. The Bertz CT molecular complexity index is 1210. The van der Waals surface area contributed by atoms with Crippen molar-refractivity contribution in [3.05, 3.63) is 62.9 Å². The van der Waals surface area contributed by atoms with Crippen LogP contribution in [0.15, 0.2) is 40.5 Å². The molecular formula is C25H28N2O4S. The van der Waals surface area contributed by atoms with Crippen LogP contribution in [0.3, 0.4) is 0 Å². The Balaban J connectivity index is 1.87. The van der Waals surface area contributed by atoms with E-state index in [1.807, 2.05) is 11.4 Å². The minimum atomic E-state index is -0.342. The number of carbonyl (C=O) groups excluding carboxylic acids is 2. The lowest BCUT2D eigenvalue weighted by molar-refractivity contribution is 0.0636. The number of ether oxygens (including phenoxy) is 1. The molecule has 7 heteroatoms. The van der Waals surface area contributed by atoms with Gasteiger partial charge in [0.2, 0.25) is 0 Å². The number of fused-ring (bicyclic) bond motifs is 2. The van der Waals surface area contributed by atoms with E-state index in [2.05, 4.69) is 27.7 Å². The molecule has 32 heavy (non-hydrogen) atoms. The Labute approximate surface area is 191 Å². The molecule has 1 aliphatic rings. The lowest BCUT2D eigenvalue weighted by atomic mass is 9.96. The summed E-state index contributed by atoms with van der Waals surface area (Å²) in [6.45, 7) is 9.20. The van der Waals surface area contributed by atoms with Crippen LogP contribution in [0, 0.1) is 5.41 Å². The first-order chi connectivity index (χ1) is 15.2. The SMILES string of the molecule is CCCCOc1c(CN2C(=O)c3ccccc3C2=O)n(CC(C)(C)C)c(=O)c2sccc12. The fourth-order valence-corrected chi connectivity index (χ4v) is 4.83. The third-order valence-electron chi connectivity index (χ3n) is 5.50. The number of benzene rings is 1. The molecule has 3 heterocycles. The molecule has 0 bridgehead atoms. The lowest BCUT2D eigenvalue weighted by Crippen LogP contribution is -2.35. The second kappa shape index (κ2) is 8.54. The zero-order valence-electron chi connectivity index (χ0n) is 18.9. The van der Waals surface area contributed by atoms with E-state index in [-0.39, 0.29) is 29.3 Å². The van der Waals surface area contributed by atoms with Gasteiger partial charge in [-0.15, -0.1) is 11.3 Å². The standard InChI is InChI=1S/C25H28N2O4S/c1-5-6-12-31-20-18-11-13-32-21(18)24(30)27(15-25(2,3)4)19(20)14-26-22(28)16-9-7-8-10-17(16)23(26)29/h7-11,13H,5-6,12,14-15H2,1-4H3. The number of hydrogen-bond donors (Lipinski definition) is 0. The van der Waals surface area contributed by atoms with Crippen molar-refractivity contribution in [2.45, 2.75) is 53.6 Å². The Morgan fingerprint density at radius 3 is 2.25 bits per heavy atom. The highest BCUT2D eigenvalue weighted by Crippen LogP contribution is 2.35. The van der Waals surface area contributed by atoms with Gasteiger partial charge in [-0.05, 0) is 35.4 Å². The molecule has 0 N–H and O–H groups in total. The number of nitrogens with zero attached hydrogens (tertiary/aromatic N) is 2. The normalized spacial score (nSPS) is 13.8. The summed E-state index contributed by atoms with van der Waals surface area (Å²) in [4.78, 5) is 40.8. The highest BCUT2D eigenvalue weighted by molar-refractivity contribution is 7.17. The second-order valence-corrected chi connectivity index (χ2v) is 10.3. The summed E-state index contributed by atoms with van der Waals surface area (Å²) in [7, 11) is 0. The Hall–Kier alpha value is -2.93. The number of carbonyl (C=O) groups is 2. The van der Waals surface area contributed by atoms with Crippen LogP contribution in [-0.4, -0.2) is 27.9 Å². The molecule has 6 nitrogen and oxygen atoms in total. The summed E-state index contributed by atoms with van der Waals surface area (Å²) in [6.07, 6.45) is 1.85. The smallest absolute Gasteiger partial charge is 0.269 e. The highest BCUT2D eigenvalue weighted by Gasteiger charge is 2.37. The molecule has 2 aromatic heterocycles. The number of amides is 2. The molecule has 0 atom stereocenters. The zero-order chi connectivity index (χ0) is 23.0. The quantitative estimate of drug-likeness (QED) is 0.370. The molecule has 2 amide bonds. The highest BCUT2D eigenvalue weighted by atomic mass is 32.1. The summed E-state index contributed by atoms with van der Waals surface area (Å²) < 4.78 is 8.54. The average molecular weight is 453 g/mol. The Kier molecular flexibility index (Phi) is 5.95. The van der Waals surface area contributed by atoms with Crippen LogP contribution in [0.25, 0.3) is 10.1 Å². The molecule has 0 unspecified atom stereocenters. The Morgan fingerprint density at radius 1 is 1.00 bits per heavy atom. The first-order valence-corrected chi connectivity index (χ1v) is 11.8. The van der Waals surface area contributed by atoms with Gasteiger partial charge in [0, 0.05) is 11.9 Å². The van der Waals surface area contributed by atoms with Gasteiger partial charge < -0.3 is 9.30 Å². The van der Waals surface area contributed by atoms with Gasteiger partial charge >= 0.3 is 0 Å². The number of rotatable bonds is 7.